The van der Waals surface area contributed by atoms with E-state index in [-0.39, 0.29) is 5.88 Å². The van der Waals surface area contributed by atoms with Crippen LogP contribution in [0.1, 0.15) is 22.3 Å². The molecule has 0 aliphatic rings. The van der Waals surface area contributed by atoms with Crippen molar-refractivity contribution in [3.63, 3.8) is 0 Å². The zero-order chi connectivity index (χ0) is 24.7. The predicted octanol–water partition coefficient (Wildman–Crippen LogP) is 8.12. The lowest BCUT2D eigenvalue weighted by molar-refractivity contribution is 0.306. The largest absolute Gasteiger partial charge is 0.489 e. The van der Waals surface area contributed by atoms with Gasteiger partial charge in [0.1, 0.15) is 29.7 Å². The van der Waals surface area contributed by atoms with E-state index in [1.54, 1.807) is 6.21 Å². The van der Waals surface area contributed by atoms with Crippen LogP contribution in [-0.4, -0.2) is 6.21 Å². The van der Waals surface area contributed by atoms with Crippen LogP contribution in [0.15, 0.2) is 119 Å². The van der Waals surface area contributed by atoms with E-state index in [0.29, 0.717) is 17.9 Å². The van der Waals surface area contributed by atoms with E-state index in [9.17, 15) is 5.26 Å². The first kappa shape index (κ1) is 22.9. The van der Waals surface area contributed by atoms with Crippen molar-refractivity contribution in [1.29, 1.82) is 5.26 Å². The van der Waals surface area contributed by atoms with E-state index in [4.69, 9.17) is 9.15 Å². The van der Waals surface area contributed by atoms with E-state index in [1.165, 1.54) is 5.56 Å². The Morgan fingerprint density at radius 3 is 2.08 bits per heavy atom. The Bertz CT molecular complexity index is 1510. The second kappa shape index (κ2) is 10.6. The standard InChI is InChI=1S/C32H24N2O2/c1-23-12-14-25(15-13-23)22-35-28-18-16-24(17-19-28)21-34-32-29(20-33)30(26-8-4-2-5-9-26)31(36-32)27-10-6-3-7-11-27/h2-19,21H,22H2,1H3/b34-21+. The third kappa shape index (κ3) is 5.11. The molecule has 5 aromatic rings. The van der Waals surface area contributed by atoms with E-state index >= 15 is 0 Å². The highest BCUT2D eigenvalue weighted by molar-refractivity contribution is 5.89. The highest BCUT2D eigenvalue weighted by Gasteiger charge is 2.22. The molecule has 0 fully saturated rings. The predicted molar refractivity (Wildman–Crippen MR) is 144 cm³/mol. The lowest BCUT2D eigenvalue weighted by Crippen LogP contribution is -1.95. The zero-order valence-corrected chi connectivity index (χ0v) is 19.9. The Morgan fingerprint density at radius 1 is 0.806 bits per heavy atom. The molecular formula is C32H24N2O2. The van der Waals surface area contributed by atoms with Crippen LogP contribution < -0.4 is 4.74 Å². The van der Waals surface area contributed by atoms with Crippen LogP contribution in [0.4, 0.5) is 5.88 Å². The Hall–Kier alpha value is -4.88. The summed E-state index contributed by atoms with van der Waals surface area (Å²) in [6.07, 6.45) is 1.70. The molecule has 0 N–H and O–H groups in total. The Morgan fingerprint density at radius 2 is 1.44 bits per heavy atom. The number of benzene rings is 4. The fraction of sp³-hybridized carbons (Fsp3) is 0.0625. The van der Waals surface area contributed by atoms with Gasteiger partial charge in [-0.2, -0.15) is 5.26 Å². The SMILES string of the molecule is Cc1ccc(COc2ccc(/C=N/c3oc(-c4ccccc4)c(-c4ccccc4)c3C#N)cc2)cc1. The average Bonchev–Trinajstić information content (AvgIpc) is 3.32. The van der Waals surface area contributed by atoms with Crippen LogP contribution in [0.3, 0.4) is 0 Å². The molecule has 0 atom stereocenters. The lowest BCUT2D eigenvalue weighted by atomic mass is 9.98. The summed E-state index contributed by atoms with van der Waals surface area (Å²) in [7, 11) is 0. The molecular weight excluding hydrogens is 444 g/mol. The second-order valence-corrected chi connectivity index (χ2v) is 8.43. The first-order valence-corrected chi connectivity index (χ1v) is 11.7. The summed E-state index contributed by atoms with van der Waals surface area (Å²) < 4.78 is 12.1. The molecule has 36 heavy (non-hydrogen) atoms. The topological polar surface area (TPSA) is 58.5 Å². The first-order valence-electron chi connectivity index (χ1n) is 11.7. The molecule has 1 heterocycles. The van der Waals surface area contributed by atoms with E-state index in [1.807, 2.05) is 84.9 Å². The van der Waals surface area contributed by atoms with Crippen LogP contribution >= 0.6 is 0 Å². The number of hydrogen-bond donors (Lipinski definition) is 0. The molecule has 0 unspecified atom stereocenters. The lowest BCUT2D eigenvalue weighted by Gasteiger charge is -2.06. The van der Waals surface area contributed by atoms with Gasteiger partial charge in [0.2, 0.25) is 5.88 Å². The molecule has 4 nitrogen and oxygen atoms in total. The van der Waals surface area contributed by atoms with Crippen molar-refractivity contribution in [2.45, 2.75) is 13.5 Å². The van der Waals surface area contributed by atoms with Gasteiger partial charge in [-0.3, -0.25) is 0 Å². The maximum atomic E-state index is 10.0. The highest BCUT2D eigenvalue weighted by Crippen LogP contribution is 2.42. The third-order valence-electron chi connectivity index (χ3n) is 5.84. The number of aliphatic imine (C=N–C) groups is 1. The molecule has 0 saturated carbocycles. The maximum absolute atomic E-state index is 10.0. The summed E-state index contributed by atoms with van der Waals surface area (Å²) in [5.74, 6) is 1.70. The summed E-state index contributed by atoms with van der Waals surface area (Å²) in [5.41, 5.74) is 6.19. The maximum Gasteiger partial charge on any atom is 0.238 e. The van der Waals surface area contributed by atoms with Gasteiger partial charge < -0.3 is 9.15 Å². The fourth-order valence-corrected chi connectivity index (χ4v) is 3.92. The van der Waals surface area contributed by atoms with Gasteiger partial charge in [0.25, 0.3) is 0 Å². The minimum absolute atomic E-state index is 0.287. The smallest absolute Gasteiger partial charge is 0.238 e. The summed E-state index contributed by atoms with van der Waals surface area (Å²) >= 11 is 0. The quantitative estimate of drug-likeness (QED) is 0.227. The van der Waals surface area contributed by atoms with Crippen molar-refractivity contribution >= 4 is 12.1 Å². The molecule has 4 aromatic carbocycles. The van der Waals surface area contributed by atoms with Gasteiger partial charge in [-0.05, 0) is 47.9 Å². The van der Waals surface area contributed by atoms with E-state index in [2.05, 4.69) is 42.3 Å². The van der Waals surface area contributed by atoms with Crippen molar-refractivity contribution in [3.8, 4) is 34.3 Å². The van der Waals surface area contributed by atoms with Crippen molar-refractivity contribution in [3.05, 3.63) is 131 Å². The summed E-state index contributed by atoms with van der Waals surface area (Å²) in [6, 6.07) is 37.9. The molecule has 0 amide bonds. The van der Waals surface area contributed by atoms with Crippen LogP contribution in [0.2, 0.25) is 0 Å². The highest BCUT2D eigenvalue weighted by atomic mass is 16.5. The summed E-state index contributed by atoms with van der Waals surface area (Å²) in [6.45, 7) is 2.58. The second-order valence-electron chi connectivity index (χ2n) is 8.43. The van der Waals surface area contributed by atoms with E-state index in [0.717, 1.165) is 33.6 Å². The van der Waals surface area contributed by atoms with Crippen LogP contribution in [-0.2, 0) is 6.61 Å². The number of furan rings is 1. The number of aryl methyl sites for hydroxylation is 1. The molecule has 174 valence electrons. The minimum Gasteiger partial charge on any atom is -0.489 e. The molecule has 5 rings (SSSR count). The van der Waals surface area contributed by atoms with Gasteiger partial charge in [0.15, 0.2) is 0 Å². The van der Waals surface area contributed by atoms with Crippen molar-refractivity contribution < 1.29 is 9.15 Å². The van der Waals surface area contributed by atoms with Gasteiger partial charge in [0, 0.05) is 17.3 Å². The number of ether oxygens (including phenoxy) is 1. The monoisotopic (exact) mass is 468 g/mol. The Kier molecular flexibility index (Phi) is 6.73. The van der Waals surface area contributed by atoms with Crippen molar-refractivity contribution in [2.24, 2.45) is 4.99 Å². The molecule has 1 aromatic heterocycles. The van der Waals surface area contributed by atoms with Crippen LogP contribution in [0.25, 0.3) is 22.5 Å². The molecule has 0 radical (unpaired) electrons. The molecule has 0 aliphatic heterocycles. The van der Waals surface area contributed by atoms with Gasteiger partial charge in [0.05, 0.1) is 0 Å². The summed E-state index contributed by atoms with van der Waals surface area (Å²) in [4.78, 5) is 4.56. The Labute approximate surface area is 210 Å². The molecule has 0 saturated heterocycles. The van der Waals surface area contributed by atoms with Crippen molar-refractivity contribution in [1.82, 2.24) is 0 Å². The minimum atomic E-state index is 0.287. The van der Waals surface area contributed by atoms with Gasteiger partial charge in [-0.15, -0.1) is 0 Å². The Balaban J connectivity index is 1.40. The first-order chi connectivity index (χ1) is 17.7. The van der Waals surface area contributed by atoms with Crippen LogP contribution in [0, 0.1) is 18.3 Å². The average molecular weight is 469 g/mol. The fourth-order valence-electron chi connectivity index (χ4n) is 3.92. The third-order valence-corrected chi connectivity index (χ3v) is 5.84. The summed E-state index contributed by atoms with van der Waals surface area (Å²) in [5, 5.41) is 10.0. The van der Waals surface area contributed by atoms with E-state index < -0.39 is 0 Å². The molecule has 0 aliphatic carbocycles. The molecule has 0 bridgehead atoms. The van der Waals surface area contributed by atoms with Crippen LogP contribution in [0.5, 0.6) is 5.75 Å². The van der Waals surface area contributed by atoms with Gasteiger partial charge in [-0.25, -0.2) is 4.99 Å². The molecule has 0 spiro atoms. The number of nitrogens with zero attached hydrogens (tertiary/aromatic N) is 2. The van der Waals surface area contributed by atoms with Crippen molar-refractivity contribution in [2.75, 3.05) is 0 Å². The normalized spacial score (nSPS) is 10.9. The van der Waals surface area contributed by atoms with Gasteiger partial charge >= 0.3 is 0 Å². The molecule has 4 heteroatoms. The van der Waals surface area contributed by atoms with Gasteiger partial charge in [-0.1, -0.05) is 90.5 Å². The number of nitriles is 1. The number of hydrogen-bond acceptors (Lipinski definition) is 4. The number of rotatable bonds is 7. The zero-order valence-electron chi connectivity index (χ0n) is 19.9.